The van der Waals surface area contributed by atoms with E-state index in [-0.39, 0.29) is 0 Å². The molecular weight excluding hydrogens is 240 g/mol. The summed E-state index contributed by atoms with van der Waals surface area (Å²) >= 11 is 3.55. The number of nitrogens with zero attached hydrogens (tertiary/aromatic N) is 2. The van der Waals surface area contributed by atoms with Gasteiger partial charge in [0.15, 0.2) is 0 Å². The molecule has 1 heterocycles. The predicted octanol–water partition coefficient (Wildman–Crippen LogP) is 3.57. The van der Waals surface area contributed by atoms with Crippen LogP contribution in [0.2, 0.25) is 0 Å². The molecule has 1 aromatic heterocycles. The van der Waals surface area contributed by atoms with E-state index < -0.39 is 0 Å². The van der Waals surface area contributed by atoms with E-state index in [1.807, 2.05) is 4.68 Å². The molecule has 0 saturated heterocycles. The normalized spacial score (nSPS) is 13.5. The Morgan fingerprint density at radius 3 is 2.64 bits per heavy atom. The van der Waals surface area contributed by atoms with Crippen LogP contribution in [0.4, 0.5) is 0 Å². The number of aryl methyl sites for hydroxylation is 1. The van der Waals surface area contributed by atoms with E-state index in [9.17, 15) is 0 Å². The quantitative estimate of drug-likeness (QED) is 0.739. The summed E-state index contributed by atoms with van der Waals surface area (Å²) in [7, 11) is 0. The lowest BCUT2D eigenvalue weighted by Crippen LogP contribution is -2.02. The Balaban J connectivity index is 2.36. The standard InChI is InChI=1S/C11H19BrN2/c1-9(2)14-8-7-11(13-14)6-4-5-10(3)12/h7-10H,4-6H2,1-3H3. The van der Waals surface area contributed by atoms with E-state index in [0.29, 0.717) is 10.9 Å². The molecule has 0 fully saturated rings. The highest BCUT2D eigenvalue weighted by Crippen LogP contribution is 2.11. The van der Waals surface area contributed by atoms with Crippen molar-refractivity contribution in [1.82, 2.24) is 9.78 Å². The van der Waals surface area contributed by atoms with Crippen LogP contribution >= 0.6 is 15.9 Å². The Morgan fingerprint density at radius 1 is 1.43 bits per heavy atom. The van der Waals surface area contributed by atoms with Crippen LogP contribution in [0.3, 0.4) is 0 Å². The van der Waals surface area contributed by atoms with E-state index >= 15 is 0 Å². The lowest BCUT2D eigenvalue weighted by molar-refractivity contribution is 0.524. The van der Waals surface area contributed by atoms with Crippen molar-refractivity contribution in [1.29, 1.82) is 0 Å². The molecule has 1 rings (SSSR count). The minimum absolute atomic E-state index is 0.471. The van der Waals surface area contributed by atoms with Crippen molar-refractivity contribution < 1.29 is 0 Å². The van der Waals surface area contributed by atoms with Gasteiger partial charge >= 0.3 is 0 Å². The molecule has 1 unspecified atom stereocenters. The molecule has 14 heavy (non-hydrogen) atoms. The van der Waals surface area contributed by atoms with Crippen molar-refractivity contribution in [3.8, 4) is 0 Å². The van der Waals surface area contributed by atoms with Gasteiger partial charge in [0.25, 0.3) is 0 Å². The molecule has 0 radical (unpaired) electrons. The summed E-state index contributed by atoms with van der Waals surface area (Å²) < 4.78 is 2.02. The van der Waals surface area contributed by atoms with Crippen LogP contribution in [0.25, 0.3) is 0 Å². The molecule has 2 nitrogen and oxygen atoms in total. The molecule has 0 aromatic carbocycles. The highest BCUT2D eigenvalue weighted by molar-refractivity contribution is 9.09. The van der Waals surface area contributed by atoms with Crippen LogP contribution in [-0.4, -0.2) is 14.6 Å². The summed E-state index contributed by atoms with van der Waals surface area (Å²) in [5, 5.41) is 4.51. The van der Waals surface area contributed by atoms with Gasteiger partial charge in [-0.1, -0.05) is 22.9 Å². The fourth-order valence-corrected chi connectivity index (χ4v) is 1.69. The third kappa shape index (κ3) is 3.82. The van der Waals surface area contributed by atoms with Crippen molar-refractivity contribution in [2.75, 3.05) is 0 Å². The van der Waals surface area contributed by atoms with E-state index in [1.165, 1.54) is 18.5 Å². The molecule has 80 valence electrons. The highest BCUT2D eigenvalue weighted by Gasteiger charge is 2.02. The first kappa shape index (κ1) is 11.8. The summed E-state index contributed by atoms with van der Waals surface area (Å²) in [5.74, 6) is 0. The summed E-state index contributed by atoms with van der Waals surface area (Å²) in [6.07, 6.45) is 5.59. The average molecular weight is 259 g/mol. The second-order valence-electron chi connectivity index (χ2n) is 4.05. The Hall–Kier alpha value is -0.310. The molecule has 0 aliphatic rings. The van der Waals surface area contributed by atoms with Gasteiger partial charge in [-0.25, -0.2) is 0 Å². The Kier molecular flexibility index (Phi) is 4.66. The maximum absolute atomic E-state index is 4.51. The fraction of sp³-hybridized carbons (Fsp3) is 0.727. The molecule has 0 N–H and O–H groups in total. The first-order valence-corrected chi connectivity index (χ1v) is 6.19. The van der Waals surface area contributed by atoms with Crippen molar-refractivity contribution in [2.45, 2.75) is 50.9 Å². The molecule has 0 amide bonds. The first-order valence-electron chi connectivity index (χ1n) is 5.27. The molecule has 0 bridgehead atoms. The third-order valence-corrected chi connectivity index (χ3v) is 2.69. The topological polar surface area (TPSA) is 17.8 Å². The minimum atomic E-state index is 0.471. The first-order chi connectivity index (χ1) is 6.59. The number of rotatable bonds is 5. The molecule has 1 atom stereocenters. The van der Waals surface area contributed by atoms with Gasteiger partial charge in [0, 0.05) is 17.1 Å². The molecule has 1 aromatic rings. The molecule has 0 saturated carbocycles. The van der Waals surface area contributed by atoms with Crippen molar-refractivity contribution in [2.24, 2.45) is 0 Å². The predicted molar refractivity (Wildman–Crippen MR) is 63.9 cm³/mol. The second-order valence-corrected chi connectivity index (χ2v) is 5.62. The van der Waals surface area contributed by atoms with Gasteiger partial charge in [-0.05, 0) is 39.2 Å². The van der Waals surface area contributed by atoms with E-state index in [1.54, 1.807) is 0 Å². The fourth-order valence-electron chi connectivity index (χ4n) is 1.36. The molecule has 3 heteroatoms. The zero-order valence-corrected chi connectivity index (χ0v) is 10.8. The van der Waals surface area contributed by atoms with E-state index in [2.05, 4.69) is 54.1 Å². The molecule has 0 aliphatic heterocycles. The van der Waals surface area contributed by atoms with Crippen molar-refractivity contribution >= 4 is 15.9 Å². The second kappa shape index (κ2) is 5.54. The van der Waals surface area contributed by atoms with Crippen molar-refractivity contribution in [3.63, 3.8) is 0 Å². The molecule has 0 spiro atoms. The monoisotopic (exact) mass is 258 g/mol. The number of halogens is 1. The van der Waals surface area contributed by atoms with Crippen LogP contribution < -0.4 is 0 Å². The van der Waals surface area contributed by atoms with Crippen molar-refractivity contribution in [3.05, 3.63) is 18.0 Å². The Morgan fingerprint density at radius 2 is 2.14 bits per heavy atom. The van der Waals surface area contributed by atoms with Crippen LogP contribution in [0, 0.1) is 0 Å². The Labute approximate surface area is 94.8 Å². The number of aromatic nitrogens is 2. The molecular formula is C11H19BrN2. The largest absolute Gasteiger partial charge is 0.270 e. The van der Waals surface area contributed by atoms with E-state index in [4.69, 9.17) is 0 Å². The number of alkyl halides is 1. The smallest absolute Gasteiger partial charge is 0.0624 e. The van der Waals surface area contributed by atoms with Gasteiger partial charge < -0.3 is 0 Å². The zero-order valence-electron chi connectivity index (χ0n) is 9.20. The summed E-state index contributed by atoms with van der Waals surface area (Å²) in [4.78, 5) is 0.620. The van der Waals surface area contributed by atoms with Gasteiger partial charge in [-0.3, -0.25) is 4.68 Å². The molecule has 0 aliphatic carbocycles. The summed E-state index contributed by atoms with van der Waals surface area (Å²) in [5.41, 5.74) is 1.21. The number of hydrogen-bond donors (Lipinski definition) is 0. The summed E-state index contributed by atoms with van der Waals surface area (Å²) in [6.45, 7) is 6.49. The zero-order chi connectivity index (χ0) is 10.6. The van der Waals surface area contributed by atoms with Gasteiger partial charge in [-0.15, -0.1) is 0 Å². The lowest BCUT2D eigenvalue weighted by Gasteiger charge is -2.04. The lowest BCUT2D eigenvalue weighted by atomic mass is 10.2. The van der Waals surface area contributed by atoms with Gasteiger partial charge in [0.1, 0.15) is 0 Å². The van der Waals surface area contributed by atoms with Gasteiger partial charge in [0.05, 0.1) is 5.69 Å². The third-order valence-electron chi connectivity index (χ3n) is 2.23. The van der Waals surface area contributed by atoms with Crippen LogP contribution in [0.15, 0.2) is 12.3 Å². The highest BCUT2D eigenvalue weighted by atomic mass is 79.9. The van der Waals surface area contributed by atoms with Gasteiger partial charge in [-0.2, -0.15) is 5.10 Å². The SMILES string of the molecule is CC(Br)CCCc1ccn(C(C)C)n1. The summed E-state index contributed by atoms with van der Waals surface area (Å²) in [6, 6.07) is 2.60. The maximum atomic E-state index is 4.51. The van der Waals surface area contributed by atoms with Crippen LogP contribution in [0.1, 0.15) is 45.3 Å². The van der Waals surface area contributed by atoms with Crippen LogP contribution in [0.5, 0.6) is 0 Å². The van der Waals surface area contributed by atoms with Crippen LogP contribution in [-0.2, 0) is 6.42 Å². The van der Waals surface area contributed by atoms with E-state index in [0.717, 1.165) is 6.42 Å². The number of hydrogen-bond acceptors (Lipinski definition) is 1. The average Bonchev–Trinajstić information content (AvgIpc) is 2.52. The minimum Gasteiger partial charge on any atom is -0.270 e. The Bertz CT molecular complexity index is 266. The maximum Gasteiger partial charge on any atom is 0.0624 e. The van der Waals surface area contributed by atoms with Gasteiger partial charge in [0.2, 0.25) is 0 Å².